The molecule has 5 heteroatoms. The largest absolute Gasteiger partial charge is 0.484 e. The van der Waals surface area contributed by atoms with E-state index >= 15 is 0 Å². The number of fused-ring (bicyclic) bond motifs is 1. The molecular formula is C18H21NO4. The van der Waals surface area contributed by atoms with Crippen molar-refractivity contribution in [3.63, 3.8) is 0 Å². The van der Waals surface area contributed by atoms with Crippen LogP contribution in [0.2, 0.25) is 0 Å². The highest BCUT2D eigenvalue weighted by atomic mass is 16.5. The van der Waals surface area contributed by atoms with Gasteiger partial charge in [0.15, 0.2) is 6.61 Å². The van der Waals surface area contributed by atoms with Gasteiger partial charge in [0.1, 0.15) is 11.3 Å². The topological polar surface area (TPSA) is 68.5 Å². The quantitative estimate of drug-likeness (QED) is 0.862. The molecule has 1 fully saturated rings. The first-order valence-electron chi connectivity index (χ1n) is 8.14. The zero-order chi connectivity index (χ0) is 16.2. The predicted octanol–water partition coefficient (Wildman–Crippen LogP) is 2.79. The number of rotatable bonds is 5. The van der Waals surface area contributed by atoms with E-state index in [0.717, 1.165) is 30.2 Å². The molecule has 0 bridgehead atoms. The van der Waals surface area contributed by atoms with E-state index in [1.54, 1.807) is 12.1 Å². The van der Waals surface area contributed by atoms with Crippen molar-refractivity contribution in [3.8, 4) is 5.75 Å². The van der Waals surface area contributed by atoms with Crippen molar-refractivity contribution < 1.29 is 13.9 Å². The Morgan fingerprint density at radius 1 is 1.30 bits per heavy atom. The molecule has 0 aliphatic heterocycles. The normalized spacial score (nSPS) is 15.0. The fourth-order valence-corrected chi connectivity index (χ4v) is 3.08. The summed E-state index contributed by atoms with van der Waals surface area (Å²) in [5, 5.41) is 3.87. The highest BCUT2D eigenvalue weighted by molar-refractivity contribution is 5.82. The van der Waals surface area contributed by atoms with E-state index in [2.05, 4.69) is 5.32 Å². The Kier molecular flexibility index (Phi) is 4.65. The van der Waals surface area contributed by atoms with Crippen molar-refractivity contribution >= 4 is 16.9 Å². The minimum atomic E-state index is -0.370. The molecule has 1 N–H and O–H groups in total. The molecule has 1 saturated carbocycles. The fourth-order valence-electron chi connectivity index (χ4n) is 3.08. The van der Waals surface area contributed by atoms with Crippen LogP contribution >= 0.6 is 0 Å². The zero-order valence-electron chi connectivity index (χ0n) is 13.3. The molecule has 1 aliphatic carbocycles. The van der Waals surface area contributed by atoms with Gasteiger partial charge in [0.25, 0.3) is 5.91 Å². The van der Waals surface area contributed by atoms with Crippen molar-refractivity contribution in [2.45, 2.75) is 45.1 Å². The monoisotopic (exact) mass is 315 g/mol. The summed E-state index contributed by atoms with van der Waals surface area (Å²) in [6.07, 6.45) is 5.20. The van der Waals surface area contributed by atoms with Crippen LogP contribution in [0.3, 0.4) is 0 Å². The molecule has 0 saturated heterocycles. The van der Waals surface area contributed by atoms with Gasteiger partial charge in [-0.05, 0) is 37.0 Å². The minimum Gasteiger partial charge on any atom is -0.484 e. The number of hydrogen-bond donors (Lipinski definition) is 1. The molecule has 5 nitrogen and oxygen atoms in total. The van der Waals surface area contributed by atoms with E-state index in [4.69, 9.17) is 9.15 Å². The summed E-state index contributed by atoms with van der Waals surface area (Å²) >= 11 is 0. The summed E-state index contributed by atoms with van der Waals surface area (Å²) in [5.74, 6) is 0.413. The molecule has 0 atom stereocenters. The molecule has 2 aromatic rings. The SMILES string of the molecule is CCc1cc(=O)oc2cc(OCC(=O)NC3CCCC3)ccc12. The highest BCUT2D eigenvalue weighted by Crippen LogP contribution is 2.23. The summed E-state index contributed by atoms with van der Waals surface area (Å²) in [4.78, 5) is 23.4. The molecule has 0 unspecified atom stereocenters. The first-order valence-corrected chi connectivity index (χ1v) is 8.14. The molecule has 3 rings (SSSR count). The van der Waals surface area contributed by atoms with Gasteiger partial charge in [-0.15, -0.1) is 0 Å². The van der Waals surface area contributed by atoms with Crippen molar-refractivity contribution in [1.29, 1.82) is 0 Å². The average molecular weight is 315 g/mol. The molecule has 1 amide bonds. The average Bonchev–Trinajstić information content (AvgIpc) is 3.04. The number of hydrogen-bond acceptors (Lipinski definition) is 4. The van der Waals surface area contributed by atoms with E-state index in [0.29, 0.717) is 11.3 Å². The molecule has 0 radical (unpaired) electrons. The Labute approximate surface area is 134 Å². The molecule has 1 aromatic heterocycles. The lowest BCUT2D eigenvalue weighted by Gasteiger charge is -2.12. The summed E-state index contributed by atoms with van der Waals surface area (Å²) in [5.41, 5.74) is 1.07. The second kappa shape index (κ2) is 6.86. The van der Waals surface area contributed by atoms with Crippen LogP contribution < -0.4 is 15.7 Å². The Balaban J connectivity index is 1.68. The van der Waals surface area contributed by atoms with Gasteiger partial charge in [-0.25, -0.2) is 4.79 Å². The van der Waals surface area contributed by atoms with Crippen LogP contribution in [-0.2, 0) is 11.2 Å². The second-order valence-corrected chi connectivity index (χ2v) is 5.94. The van der Waals surface area contributed by atoms with Crippen molar-refractivity contribution in [2.75, 3.05) is 6.61 Å². The van der Waals surface area contributed by atoms with Crippen molar-refractivity contribution in [1.82, 2.24) is 5.32 Å². The van der Waals surface area contributed by atoms with Crippen LogP contribution in [-0.4, -0.2) is 18.6 Å². The molecule has 0 spiro atoms. The van der Waals surface area contributed by atoms with E-state index in [1.165, 1.54) is 18.9 Å². The van der Waals surface area contributed by atoms with Gasteiger partial charge in [-0.1, -0.05) is 19.8 Å². The maximum atomic E-state index is 11.9. The first-order chi connectivity index (χ1) is 11.2. The first kappa shape index (κ1) is 15.6. The number of carbonyl (C=O) groups is 1. The number of carbonyl (C=O) groups excluding carboxylic acids is 1. The van der Waals surface area contributed by atoms with Crippen LogP contribution in [0.1, 0.15) is 38.2 Å². The van der Waals surface area contributed by atoms with Crippen LogP contribution in [0.5, 0.6) is 5.75 Å². The summed E-state index contributed by atoms with van der Waals surface area (Å²) in [6, 6.07) is 7.12. The van der Waals surface area contributed by atoms with E-state index in [-0.39, 0.29) is 24.2 Å². The van der Waals surface area contributed by atoms with Gasteiger partial charge < -0.3 is 14.5 Å². The number of amides is 1. The number of aryl methyl sites for hydroxylation is 1. The molecule has 1 heterocycles. The lowest BCUT2D eigenvalue weighted by atomic mass is 10.1. The van der Waals surface area contributed by atoms with E-state index in [9.17, 15) is 9.59 Å². The van der Waals surface area contributed by atoms with E-state index < -0.39 is 0 Å². The predicted molar refractivity (Wildman–Crippen MR) is 87.8 cm³/mol. The Bertz CT molecular complexity index is 759. The number of benzene rings is 1. The van der Waals surface area contributed by atoms with Gasteiger partial charge in [-0.3, -0.25) is 4.79 Å². The van der Waals surface area contributed by atoms with Crippen LogP contribution in [0, 0.1) is 0 Å². The van der Waals surface area contributed by atoms with Gasteiger partial charge in [0.05, 0.1) is 0 Å². The highest BCUT2D eigenvalue weighted by Gasteiger charge is 2.17. The van der Waals surface area contributed by atoms with Crippen molar-refractivity contribution in [3.05, 3.63) is 40.2 Å². The zero-order valence-corrected chi connectivity index (χ0v) is 13.3. The number of ether oxygens (including phenoxy) is 1. The Morgan fingerprint density at radius 3 is 2.83 bits per heavy atom. The smallest absolute Gasteiger partial charge is 0.336 e. The van der Waals surface area contributed by atoms with Gasteiger partial charge >= 0.3 is 5.63 Å². The Morgan fingerprint density at radius 2 is 2.09 bits per heavy atom. The summed E-state index contributed by atoms with van der Waals surface area (Å²) < 4.78 is 10.7. The fraction of sp³-hybridized carbons (Fsp3) is 0.444. The van der Waals surface area contributed by atoms with Crippen LogP contribution in [0.4, 0.5) is 0 Å². The lowest BCUT2D eigenvalue weighted by molar-refractivity contribution is -0.123. The standard InChI is InChI=1S/C18H21NO4/c1-2-12-9-18(21)23-16-10-14(7-8-15(12)16)22-11-17(20)19-13-5-3-4-6-13/h7-10,13H,2-6,11H2,1H3,(H,19,20). The molecule has 1 aromatic carbocycles. The van der Waals surface area contributed by atoms with Gasteiger partial charge in [-0.2, -0.15) is 0 Å². The summed E-state index contributed by atoms with van der Waals surface area (Å²) in [6.45, 7) is 1.96. The maximum absolute atomic E-state index is 11.9. The van der Waals surface area contributed by atoms with E-state index in [1.807, 2.05) is 13.0 Å². The van der Waals surface area contributed by atoms with Gasteiger partial charge in [0.2, 0.25) is 0 Å². The minimum absolute atomic E-state index is 0.0281. The van der Waals surface area contributed by atoms with Crippen molar-refractivity contribution in [2.24, 2.45) is 0 Å². The molecule has 1 aliphatic rings. The number of nitrogens with one attached hydrogen (secondary N) is 1. The van der Waals surface area contributed by atoms with Crippen LogP contribution in [0.25, 0.3) is 11.0 Å². The lowest BCUT2D eigenvalue weighted by Crippen LogP contribution is -2.36. The third-order valence-corrected chi connectivity index (χ3v) is 4.27. The molecular weight excluding hydrogens is 294 g/mol. The van der Waals surface area contributed by atoms with Crippen LogP contribution in [0.15, 0.2) is 33.5 Å². The van der Waals surface area contributed by atoms with Gasteiger partial charge in [0, 0.05) is 23.6 Å². The third kappa shape index (κ3) is 3.73. The Hall–Kier alpha value is -2.30. The molecule has 122 valence electrons. The molecule has 23 heavy (non-hydrogen) atoms. The maximum Gasteiger partial charge on any atom is 0.336 e. The third-order valence-electron chi connectivity index (χ3n) is 4.27. The summed E-state index contributed by atoms with van der Waals surface area (Å²) in [7, 11) is 0. The second-order valence-electron chi connectivity index (χ2n) is 5.94.